The van der Waals surface area contributed by atoms with Crippen molar-refractivity contribution in [2.75, 3.05) is 14.2 Å². The van der Waals surface area contributed by atoms with Crippen molar-refractivity contribution in [1.29, 1.82) is 0 Å². The molecule has 0 N–H and O–H groups in total. The largest absolute Gasteiger partial charge is 0.493 e. The first-order valence-corrected chi connectivity index (χ1v) is 7.36. The van der Waals surface area contributed by atoms with Gasteiger partial charge in [0.25, 0.3) is 0 Å². The van der Waals surface area contributed by atoms with E-state index in [4.69, 9.17) is 9.47 Å². The van der Waals surface area contributed by atoms with E-state index in [0.717, 1.165) is 17.9 Å². The summed E-state index contributed by atoms with van der Waals surface area (Å²) in [5.74, 6) is 1.90. The Hall–Kier alpha value is -2.43. The number of nitrogens with zero attached hydrogens (tertiary/aromatic N) is 3. The Kier molecular flexibility index (Phi) is 3.06. The zero-order valence-corrected chi connectivity index (χ0v) is 12.6. The molecule has 22 heavy (non-hydrogen) atoms. The highest BCUT2D eigenvalue weighted by molar-refractivity contribution is 5.51. The molecule has 0 fully saturated rings. The molecule has 2 aromatic rings. The molecule has 0 spiro atoms. The van der Waals surface area contributed by atoms with Crippen molar-refractivity contribution in [3.63, 3.8) is 0 Å². The minimum absolute atomic E-state index is 0.109. The number of azo groups is 1. The highest BCUT2D eigenvalue weighted by Crippen LogP contribution is 2.53. The van der Waals surface area contributed by atoms with Crippen molar-refractivity contribution >= 4 is 0 Å². The Labute approximate surface area is 129 Å². The lowest BCUT2D eigenvalue weighted by atomic mass is 9.90. The summed E-state index contributed by atoms with van der Waals surface area (Å²) in [6.45, 7) is 0. The van der Waals surface area contributed by atoms with E-state index in [-0.39, 0.29) is 12.1 Å². The molecule has 112 valence electrons. The monoisotopic (exact) mass is 295 g/mol. The number of pyridine rings is 1. The normalized spacial score (nSPS) is 24.9. The minimum Gasteiger partial charge on any atom is -0.493 e. The quantitative estimate of drug-likeness (QED) is 0.870. The molecule has 0 radical (unpaired) electrons. The molecule has 1 aromatic heterocycles. The number of ether oxygens (including phenoxy) is 2. The Morgan fingerprint density at radius 1 is 0.955 bits per heavy atom. The molecule has 1 aliphatic heterocycles. The molecule has 5 nitrogen and oxygen atoms in total. The summed E-state index contributed by atoms with van der Waals surface area (Å²) >= 11 is 0. The van der Waals surface area contributed by atoms with Crippen LogP contribution in [0.5, 0.6) is 11.5 Å². The summed E-state index contributed by atoms with van der Waals surface area (Å²) in [6, 6.07) is 8.40. The van der Waals surface area contributed by atoms with E-state index < -0.39 is 0 Å². The molecule has 3 atom stereocenters. The van der Waals surface area contributed by atoms with E-state index in [1.807, 2.05) is 30.6 Å². The fraction of sp³-hybridized carbons (Fsp3) is 0.353. The van der Waals surface area contributed by atoms with Crippen LogP contribution in [0.25, 0.3) is 0 Å². The third-order valence-corrected chi connectivity index (χ3v) is 4.59. The topological polar surface area (TPSA) is 56.1 Å². The molecule has 2 heterocycles. The van der Waals surface area contributed by atoms with Crippen molar-refractivity contribution < 1.29 is 9.47 Å². The maximum atomic E-state index is 5.42. The van der Waals surface area contributed by atoms with Gasteiger partial charge in [0.15, 0.2) is 11.5 Å². The number of fused-ring (bicyclic) bond motifs is 3. The predicted octanol–water partition coefficient (Wildman–Crippen LogP) is 3.52. The van der Waals surface area contributed by atoms with Gasteiger partial charge in [-0.15, -0.1) is 0 Å². The molecule has 3 unspecified atom stereocenters. The van der Waals surface area contributed by atoms with Gasteiger partial charge in [0, 0.05) is 18.3 Å². The summed E-state index contributed by atoms with van der Waals surface area (Å²) in [5.41, 5.74) is 3.67. The van der Waals surface area contributed by atoms with Gasteiger partial charge < -0.3 is 9.47 Å². The lowest BCUT2D eigenvalue weighted by Gasteiger charge is -2.14. The van der Waals surface area contributed by atoms with E-state index in [1.165, 1.54) is 16.7 Å². The standard InChI is InChI=1S/C17H17N3O2/c1-21-14-8-11-7-13-16(10-3-5-18-6-4-10)19-20-17(13)12(11)9-15(14)22-2/h3-6,8-9,13,16-17H,7H2,1-2H3. The number of hydrogen-bond donors (Lipinski definition) is 0. The van der Waals surface area contributed by atoms with Gasteiger partial charge >= 0.3 is 0 Å². The van der Waals surface area contributed by atoms with Crippen LogP contribution in [0.1, 0.15) is 28.8 Å². The molecule has 1 aliphatic carbocycles. The Morgan fingerprint density at radius 2 is 1.64 bits per heavy atom. The molecule has 2 aliphatic rings. The van der Waals surface area contributed by atoms with Gasteiger partial charge in [-0.1, -0.05) is 0 Å². The van der Waals surface area contributed by atoms with E-state index in [2.05, 4.69) is 21.3 Å². The first-order valence-electron chi connectivity index (χ1n) is 7.36. The van der Waals surface area contributed by atoms with Crippen molar-refractivity contribution in [1.82, 2.24) is 4.98 Å². The zero-order chi connectivity index (χ0) is 15.1. The third kappa shape index (κ3) is 1.89. The van der Waals surface area contributed by atoms with Crippen LogP contribution < -0.4 is 9.47 Å². The van der Waals surface area contributed by atoms with Crippen molar-refractivity contribution in [2.24, 2.45) is 16.1 Å². The second-order valence-corrected chi connectivity index (χ2v) is 5.68. The van der Waals surface area contributed by atoms with Crippen molar-refractivity contribution in [2.45, 2.75) is 18.5 Å². The molecule has 0 amide bonds. The number of methoxy groups -OCH3 is 2. The molecule has 0 saturated carbocycles. The van der Waals surface area contributed by atoms with Crippen LogP contribution in [0.15, 0.2) is 46.9 Å². The van der Waals surface area contributed by atoms with Crippen molar-refractivity contribution in [3.8, 4) is 11.5 Å². The summed E-state index contributed by atoms with van der Waals surface area (Å²) in [7, 11) is 3.33. The number of rotatable bonds is 3. The van der Waals surface area contributed by atoms with Crippen LogP contribution in [0, 0.1) is 5.92 Å². The summed E-state index contributed by atoms with van der Waals surface area (Å²) in [4.78, 5) is 4.08. The van der Waals surface area contributed by atoms with Gasteiger partial charge in [0.2, 0.25) is 0 Å². The lowest BCUT2D eigenvalue weighted by Crippen LogP contribution is -2.09. The van der Waals surface area contributed by atoms with Crippen LogP contribution in [0.2, 0.25) is 0 Å². The molecule has 0 saturated heterocycles. The summed E-state index contributed by atoms with van der Waals surface area (Å²) in [5, 5.41) is 9.05. The second-order valence-electron chi connectivity index (χ2n) is 5.68. The number of benzene rings is 1. The van der Waals surface area contributed by atoms with Crippen LogP contribution >= 0.6 is 0 Å². The van der Waals surface area contributed by atoms with Crippen LogP contribution in [-0.4, -0.2) is 19.2 Å². The van der Waals surface area contributed by atoms with E-state index >= 15 is 0 Å². The minimum atomic E-state index is 0.109. The first kappa shape index (κ1) is 13.2. The van der Waals surface area contributed by atoms with Gasteiger partial charge in [-0.05, 0) is 47.4 Å². The van der Waals surface area contributed by atoms with Crippen molar-refractivity contribution in [3.05, 3.63) is 53.3 Å². The fourth-order valence-electron chi connectivity index (χ4n) is 3.52. The molecule has 4 rings (SSSR count). The van der Waals surface area contributed by atoms with Gasteiger partial charge in [-0.3, -0.25) is 4.98 Å². The van der Waals surface area contributed by atoms with E-state index in [9.17, 15) is 0 Å². The smallest absolute Gasteiger partial charge is 0.161 e. The van der Waals surface area contributed by atoms with Crippen LogP contribution in [0.4, 0.5) is 0 Å². The summed E-state index contributed by atoms with van der Waals surface area (Å²) < 4.78 is 10.8. The zero-order valence-electron chi connectivity index (χ0n) is 12.6. The Bertz CT molecular complexity index is 730. The SMILES string of the molecule is COc1cc2c(cc1OC)C1N=NC(c3ccncc3)C1C2. The maximum absolute atomic E-state index is 5.42. The number of hydrogen-bond acceptors (Lipinski definition) is 5. The fourth-order valence-corrected chi connectivity index (χ4v) is 3.52. The Balaban J connectivity index is 1.71. The first-order chi connectivity index (χ1) is 10.8. The third-order valence-electron chi connectivity index (χ3n) is 4.59. The van der Waals surface area contributed by atoms with Gasteiger partial charge in [-0.25, -0.2) is 0 Å². The molecule has 5 heteroatoms. The van der Waals surface area contributed by atoms with Crippen LogP contribution in [-0.2, 0) is 6.42 Å². The van der Waals surface area contributed by atoms with Gasteiger partial charge in [0.1, 0.15) is 12.1 Å². The molecular weight excluding hydrogens is 278 g/mol. The molecule has 0 bridgehead atoms. The molecular formula is C17H17N3O2. The average molecular weight is 295 g/mol. The van der Waals surface area contributed by atoms with Crippen LogP contribution in [0.3, 0.4) is 0 Å². The number of aromatic nitrogens is 1. The highest BCUT2D eigenvalue weighted by atomic mass is 16.5. The van der Waals surface area contributed by atoms with E-state index in [1.54, 1.807) is 14.2 Å². The van der Waals surface area contributed by atoms with Gasteiger partial charge in [0.05, 0.1) is 14.2 Å². The average Bonchev–Trinajstić information content (AvgIpc) is 3.13. The molecule has 1 aromatic carbocycles. The Morgan fingerprint density at radius 3 is 2.36 bits per heavy atom. The maximum Gasteiger partial charge on any atom is 0.161 e. The highest BCUT2D eigenvalue weighted by Gasteiger charge is 2.43. The second kappa shape index (κ2) is 5.09. The van der Waals surface area contributed by atoms with Gasteiger partial charge in [-0.2, -0.15) is 10.2 Å². The van der Waals surface area contributed by atoms with E-state index in [0.29, 0.717) is 5.92 Å². The predicted molar refractivity (Wildman–Crippen MR) is 81.3 cm³/mol. The summed E-state index contributed by atoms with van der Waals surface area (Å²) in [6.07, 6.45) is 4.58. The lowest BCUT2D eigenvalue weighted by molar-refractivity contribution is 0.354.